The van der Waals surface area contributed by atoms with Gasteiger partial charge in [-0.25, -0.2) is 0 Å². The highest BCUT2D eigenvalue weighted by Crippen LogP contribution is 2.27. The molecule has 2 rings (SSSR count). The number of aryl methyl sites for hydroxylation is 1. The second-order valence-electron chi connectivity index (χ2n) is 5.18. The van der Waals surface area contributed by atoms with Gasteiger partial charge < -0.3 is 15.8 Å². The maximum atomic E-state index is 11.9. The number of aromatic nitrogens is 2. The number of hydrogen-bond acceptors (Lipinski definition) is 7. The molecule has 3 N–H and O–H groups in total. The molecular formula is C13H20N4O3S. The van der Waals surface area contributed by atoms with Crippen LogP contribution in [0.1, 0.15) is 37.1 Å². The van der Waals surface area contributed by atoms with Crippen LogP contribution in [0.5, 0.6) is 0 Å². The molecule has 1 aromatic rings. The minimum Gasteiger partial charge on any atom is -0.469 e. The molecule has 1 aliphatic carbocycles. The smallest absolute Gasteiger partial charge is 0.305 e. The van der Waals surface area contributed by atoms with E-state index in [9.17, 15) is 9.59 Å². The van der Waals surface area contributed by atoms with Gasteiger partial charge in [-0.1, -0.05) is 17.8 Å². The van der Waals surface area contributed by atoms with Crippen molar-refractivity contribution in [1.29, 1.82) is 0 Å². The van der Waals surface area contributed by atoms with Gasteiger partial charge >= 0.3 is 5.97 Å². The number of nitrogens with one attached hydrogen (secondary N) is 1. The van der Waals surface area contributed by atoms with Gasteiger partial charge in [-0.3, -0.25) is 9.59 Å². The van der Waals surface area contributed by atoms with Gasteiger partial charge in [-0.2, -0.15) is 0 Å². The fourth-order valence-electron chi connectivity index (χ4n) is 2.44. The minimum atomic E-state index is -0.286. The lowest BCUT2D eigenvalue weighted by atomic mass is 10.00. The van der Waals surface area contributed by atoms with Crippen molar-refractivity contribution in [3.05, 3.63) is 5.01 Å². The third-order valence-corrected chi connectivity index (χ3v) is 4.55. The monoisotopic (exact) mass is 312 g/mol. The number of hydrogen-bond donors (Lipinski definition) is 2. The van der Waals surface area contributed by atoms with Gasteiger partial charge in [0.05, 0.1) is 13.5 Å². The summed E-state index contributed by atoms with van der Waals surface area (Å²) in [5, 5.41) is 11.8. The molecule has 0 aromatic carbocycles. The standard InChI is InChI=1S/C13H20N4O3S/c1-20-12(19)6-5-11-16-17-13(21-11)15-10(18)7-8-3-2-4-9(8)14/h8-9H,2-7,14H2,1H3,(H,15,17,18)/t8-,9+/m0/s1. The van der Waals surface area contributed by atoms with Crippen LogP contribution >= 0.6 is 11.3 Å². The molecule has 1 heterocycles. The summed E-state index contributed by atoms with van der Waals surface area (Å²) in [7, 11) is 1.35. The fourth-order valence-corrected chi connectivity index (χ4v) is 3.20. The van der Waals surface area contributed by atoms with Crippen molar-refractivity contribution in [2.45, 2.75) is 44.6 Å². The van der Waals surface area contributed by atoms with E-state index in [1.54, 1.807) is 0 Å². The Labute approximate surface area is 127 Å². The van der Waals surface area contributed by atoms with Crippen LogP contribution in [0.4, 0.5) is 5.13 Å². The van der Waals surface area contributed by atoms with Gasteiger partial charge in [-0.05, 0) is 18.8 Å². The third-order valence-electron chi connectivity index (χ3n) is 3.65. The van der Waals surface area contributed by atoms with E-state index in [4.69, 9.17) is 5.73 Å². The second-order valence-corrected chi connectivity index (χ2v) is 6.25. The van der Waals surface area contributed by atoms with Crippen LogP contribution < -0.4 is 11.1 Å². The molecule has 1 fully saturated rings. The number of carbonyl (C=O) groups is 2. The number of carbonyl (C=O) groups excluding carboxylic acids is 2. The van der Waals surface area contributed by atoms with Gasteiger partial charge in [0, 0.05) is 18.9 Å². The van der Waals surface area contributed by atoms with Crippen molar-refractivity contribution in [1.82, 2.24) is 10.2 Å². The van der Waals surface area contributed by atoms with Crippen molar-refractivity contribution < 1.29 is 14.3 Å². The van der Waals surface area contributed by atoms with E-state index in [1.165, 1.54) is 18.4 Å². The van der Waals surface area contributed by atoms with Crippen LogP contribution in [0.3, 0.4) is 0 Å². The average Bonchev–Trinajstić information content (AvgIpc) is 3.06. The van der Waals surface area contributed by atoms with Crippen molar-refractivity contribution in [3.8, 4) is 0 Å². The van der Waals surface area contributed by atoms with Gasteiger partial charge in [0.15, 0.2) is 0 Å². The molecule has 1 amide bonds. The topological polar surface area (TPSA) is 107 Å². The lowest BCUT2D eigenvalue weighted by Crippen LogP contribution is -2.28. The van der Waals surface area contributed by atoms with Crippen molar-refractivity contribution in [3.63, 3.8) is 0 Å². The summed E-state index contributed by atoms with van der Waals surface area (Å²) in [5.41, 5.74) is 5.96. The Kier molecular flexibility index (Phi) is 5.63. The van der Waals surface area contributed by atoms with Crippen LogP contribution in [-0.2, 0) is 20.7 Å². The van der Waals surface area contributed by atoms with E-state index in [0.29, 0.717) is 23.0 Å². The molecule has 0 saturated heterocycles. The zero-order valence-corrected chi connectivity index (χ0v) is 12.8. The Morgan fingerprint density at radius 2 is 2.24 bits per heavy atom. The SMILES string of the molecule is COC(=O)CCc1nnc(NC(=O)C[C@@H]2CCC[C@H]2N)s1. The molecule has 0 radical (unpaired) electrons. The van der Waals surface area contributed by atoms with Crippen LogP contribution in [0.25, 0.3) is 0 Å². The summed E-state index contributed by atoms with van der Waals surface area (Å²) in [6.07, 6.45) is 4.25. The molecule has 1 aliphatic rings. The lowest BCUT2D eigenvalue weighted by Gasteiger charge is -2.13. The summed E-state index contributed by atoms with van der Waals surface area (Å²) < 4.78 is 4.56. The summed E-state index contributed by atoms with van der Waals surface area (Å²) in [6.45, 7) is 0. The first kappa shape index (κ1) is 15.8. The molecule has 116 valence electrons. The normalized spacial score (nSPS) is 21.2. The number of amides is 1. The van der Waals surface area contributed by atoms with Gasteiger partial charge in [-0.15, -0.1) is 10.2 Å². The number of nitrogens with two attached hydrogens (primary N) is 1. The molecule has 7 nitrogen and oxygen atoms in total. The van der Waals surface area contributed by atoms with Crippen molar-refractivity contribution >= 4 is 28.3 Å². The first-order chi connectivity index (χ1) is 10.1. The van der Waals surface area contributed by atoms with Gasteiger partial charge in [0.2, 0.25) is 11.0 Å². The molecule has 8 heteroatoms. The Bertz CT molecular complexity index is 505. The predicted octanol–water partition coefficient (Wildman–Crippen LogP) is 1.10. The molecule has 0 spiro atoms. The molecular weight excluding hydrogens is 292 g/mol. The number of anilines is 1. The van der Waals surface area contributed by atoms with E-state index in [2.05, 4.69) is 20.3 Å². The van der Waals surface area contributed by atoms with Gasteiger partial charge in [0.25, 0.3) is 0 Å². The molecule has 1 aromatic heterocycles. The molecule has 0 unspecified atom stereocenters. The Hall–Kier alpha value is -1.54. The number of rotatable bonds is 6. The maximum Gasteiger partial charge on any atom is 0.305 e. The molecule has 2 atom stereocenters. The lowest BCUT2D eigenvalue weighted by molar-refractivity contribution is -0.140. The minimum absolute atomic E-state index is 0.0759. The Balaban J connectivity index is 1.78. The highest BCUT2D eigenvalue weighted by Gasteiger charge is 2.26. The van der Waals surface area contributed by atoms with E-state index < -0.39 is 0 Å². The zero-order valence-electron chi connectivity index (χ0n) is 12.0. The van der Waals surface area contributed by atoms with Crippen molar-refractivity contribution in [2.24, 2.45) is 11.7 Å². The summed E-state index contributed by atoms with van der Waals surface area (Å²) in [6, 6.07) is 0.126. The molecule has 0 bridgehead atoms. The zero-order chi connectivity index (χ0) is 15.2. The van der Waals surface area contributed by atoms with E-state index in [0.717, 1.165) is 19.3 Å². The number of nitrogens with zero attached hydrogens (tertiary/aromatic N) is 2. The van der Waals surface area contributed by atoms with Crippen LogP contribution in [0.2, 0.25) is 0 Å². The van der Waals surface area contributed by atoms with E-state index >= 15 is 0 Å². The van der Waals surface area contributed by atoms with Crippen LogP contribution in [-0.4, -0.2) is 35.2 Å². The average molecular weight is 312 g/mol. The highest BCUT2D eigenvalue weighted by atomic mass is 32.1. The Morgan fingerprint density at radius 3 is 2.90 bits per heavy atom. The number of ether oxygens (including phenoxy) is 1. The third kappa shape index (κ3) is 4.75. The fraction of sp³-hybridized carbons (Fsp3) is 0.692. The molecule has 21 heavy (non-hydrogen) atoms. The molecule has 1 saturated carbocycles. The first-order valence-electron chi connectivity index (χ1n) is 7.03. The first-order valence-corrected chi connectivity index (χ1v) is 7.84. The summed E-state index contributed by atoms with van der Waals surface area (Å²) in [5.74, 6) is -0.101. The predicted molar refractivity (Wildman–Crippen MR) is 78.8 cm³/mol. The summed E-state index contributed by atoms with van der Waals surface area (Å²) in [4.78, 5) is 23.0. The Morgan fingerprint density at radius 1 is 1.43 bits per heavy atom. The van der Waals surface area contributed by atoms with E-state index in [-0.39, 0.29) is 30.3 Å². The summed E-state index contributed by atoms with van der Waals surface area (Å²) >= 11 is 1.28. The largest absolute Gasteiger partial charge is 0.469 e. The quantitative estimate of drug-likeness (QED) is 0.762. The number of esters is 1. The van der Waals surface area contributed by atoms with Gasteiger partial charge in [0.1, 0.15) is 5.01 Å². The number of methoxy groups -OCH3 is 1. The van der Waals surface area contributed by atoms with Crippen LogP contribution in [0, 0.1) is 5.92 Å². The maximum absolute atomic E-state index is 11.9. The highest BCUT2D eigenvalue weighted by molar-refractivity contribution is 7.15. The van der Waals surface area contributed by atoms with E-state index in [1.807, 2.05) is 0 Å². The van der Waals surface area contributed by atoms with Crippen molar-refractivity contribution in [2.75, 3.05) is 12.4 Å². The molecule has 0 aliphatic heterocycles. The second kappa shape index (κ2) is 7.46. The van der Waals surface area contributed by atoms with Crippen LogP contribution in [0.15, 0.2) is 0 Å².